The Morgan fingerprint density at radius 1 is 0.610 bits per heavy atom. The number of hydrogen-bond acceptors (Lipinski definition) is 8. The molecule has 5 rings (SSSR count). The van der Waals surface area contributed by atoms with Gasteiger partial charge in [0.15, 0.2) is 30.5 Å². The van der Waals surface area contributed by atoms with Gasteiger partial charge in [0.05, 0.1) is 0 Å². The summed E-state index contributed by atoms with van der Waals surface area (Å²) in [5.41, 5.74) is 2.70. The Hall–Kier alpha value is -4.79. The molecule has 0 aliphatic rings. The van der Waals surface area contributed by atoms with Crippen molar-refractivity contribution in [3.05, 3.63) is 118 Å². The quantitative estimate of drug-likeness (QED) is 0.151. The van der Waals surface area contributed by atoms with Crippen LogP contribution in [-0.2, 0) is 22.7 Å². The van der Waals surface area contributed by atoms with E-state index in [1.54, 1.807) is 18.2 Å². The van der Waals surface area contributed by atoms with Gasteiger partial charge in [0.2, 0.25) is 0 Å². The molecule has 8 nitrogen and oxygen atoms in total. The van der Waals surface area contributed by atoms with E-state index in [0.29, 0.717) is 47.4 Å². The molecular formula is C33H30O8. The SMILES string of the molecule is COCOc1cc(OCOC)c2c(=O)cc(-c3ccc(OCc4ccccc4)c(OCc4ccccc4)c3)oc2c1. The third kappa shape index (κ3) is 7.05. The topological polar surface area (TPSA) is 85.6 Å². The summed E-state index contributed by atoms with van der Waals surface area (Å²) in [6.45, 7) is 0.692. The van der Waals surface area contributed by atoms with Crippen molar-refractivity contribution >= 4 is 11.0 Å². The van der Waals surface area contributed by atoms with Crippen LogP contribution in [0.2, 0.25) is 0 Å². The predicted molar refractivity (Wildman–Crippen MR) is 154 cm³/mol. The van der Waals surface area contributed by atoms with Crippen LogP contribution in [0.1, 0.15) is 11.1 Å². The van der Waals surface area contributed by atoms with Gasteiger partial charge in [-0.1, -0.05) is 60.7 Å². The van der Waals surface area contributed by atoms with Crippen LogP contribution in [0.15, 0.2) is 106 Å². The molecule has 0 unspecified atom stereocenters. The lowest BCUT2D eigenvalue weighted by Crippen LogP contribution is -2.07. The molecule has 4 aromatic carbocycles. The molecule has 8 heteroatoms. The van der Waals surface area contributed by atoms with Crippen LogP contribution in [0, 0.1) is 0 Å². The molecule has 0 N–H and O–H groups in total. The van der Waals surface area contributed by atoms with E-state index in [0.717, 1.165) is 11.1 Å². The highest BCUT2D eigenvalue weighted by atomic mass is 16.7. The number of fused-ring (bicyclic) bond motifs is 1. The van der Waals surface area contributed by atoms with Crippen molar-refractivity contribution in [2.45, 2.75) is 13.2 Å². The Balaban J connectivity index is 1.51. The fraction of sp³-hybridized carbons (Fsp3) is 0.182. The monoisotopic (exact) mass is 554 g/mol. The standard InChI is InChI=1S/C33H30O8/c1-35-21-39-26-16-31(40-22-36-2)33-27(34)18-29(41-32(33)17-26)25-13-14-28(37-19-23-9-5-3-6-10-23)30(15-25)38-20-24-11-7-4-8-12-24/h3-18H,19-22H2,1-2H3. The van der Waals surface area contributed by atoms with Gasteiger partial charge in [0.1, 0.15) is 41.4 Å². The van der Waals surface area contributed by atoms with E-state index in [4.69, 9.17) is 32.8 Å². The lowest BCUT2D eigenvalue weighted by Gasteiger charge is -2.15. The first kappa shape index (κ1) is 27.8. The van der Waals surface area contributed by atoms with Crippen molar-refractivity contribution in [1.29, 1.82) is 0 Å². The van der Waals surface area contributed by atoms with Gasteiger partial charge in [-0.25, -0.2) is 0 Å². The maximum atomic E-state index is 13.3. The molecule has 0 saturated carbocycles. The molecule has 41 heavy (non-hydrogen) atoms. The van der Waals surface area contributed by atoms with Gasteiger partial charge in [-0.3, -0.25) is 4.79 Å². The zero-order chi connectivity index (χ0) is 28.4. The van der Waals surface area contributed by atoms with E-state index in [1.807, 2.05) is 72.8 Å². The molecule has 0 spiro atoms. The maximum Gasteiger partial charge on any atom is 0.197 e. The van der Waals surface area contributed by atoms with Crippen LogP contribution >= 0.6 is 0 Å². The normalized spacial score (nSPS) is 10.9. The minimum absolute atomic E-state index is 0.0195. The van der Waals surface area contributed by atoms with Crippen molar-refractivity contribution in [2.24, 2.45) is 0 Å². The first-order valence-corrected chi connectivity index (χ1v) is 13.0. The smallest absolute Gasteiger partial charge is 0.197 e. The fourth-order valence-corrected chi connectivity index (χ4v) is 4.18. The van der Waals surface area contributed by atoms with Crippen LogP contribution in [0.3, 0.4) is 0 Å². The zero-order valence-electron chi connectivity index (χ0n) is 22.8. The summed E-state index contributed by atoms with van der Waals surface area (Å²) in [4.78, 5) is 13.3. The van der Waals surface area contributed by atoms with E-state index >= 15 is 0 Å². The fourth-order valence-electron chi connectivity index (χ4n) is 4.18. The first-order valence-electron chi connectivity index (χ1n) is 13.0. The molecule has 0 atom stereocenters. The van der Waals surface area contributed by atoms with E-state index in [9.17, 15) is 4.79 Å². The summed E-state index contributed by atoms with van der Waals surface area (Å²) in [6.07, 6.45) is 0. The van der Waals surface area contributed by atoms with Crippen LogP contribution < -0.4 is 24.4 Å². The molecule has 0 fully saturated rings. The Labute approximate surface area is 237 Å². The number of ether oxygens (including phenoxy) is 6. The van der Waals surface area contributed by atoms with E-state index in [2.05, 4.69) is 0 Å². The molecule has 1 aromatic heterocycles. The molecule has 0 aliphatic heterocycles. The zero-order valence-corrected chi connectivity index (χ0v) is 22.8. The van der Waals surface area contributed by atoms with Crippen molar-refractivity contribution in [3.8, 4) is 34.3 Å². The third-order valence-electron chi connectivity index (χ3n) is 6.15. The van der Waals surface area contributed by atoms with Crippen LogP contribution in [0.25, 0.3) is 22.3 Å². The van der Waals surface area contributed by atoms with Crippen molar-refractivity contribution in [2.75, 3.05) is 27.8 Å². The summed E-state index contributed by atoms with van der Waals surface area (Å²) in [5, 5.41) is 0.277. The molecule has 5 aromatic rings. The van der Waals surface area contributed by atoms with Crippen LogP contribution in [0.4, 0.5) is 0 Å². The molecule has 0 saturated heterocycles. The second-order valence-corrected chi connectivity index (χ2v) is 9.08. The van der Waals surface area contributed by atoms with Crippen LogP contribution in [-0.4, -0.2) is 27.8 Å². The van der Waals surface area contributed by atoms with Crippen molar-refractivity contribution in [3.63, 3.8) is 0 Å². The van der Waals surface area contributed by atoms with Gasteiger partial charge in [0.25, 0.3) is 0 Å². The number of hydrogen-bond donors (Lipinski definition) is 0. The maximum absolute atomic E-state index is 13.3. The first-order chi connectivity index (χ1) is 20.1. The Morgan fingerprint density at radius 3 is 1.90 bits per heavy atom. The summed E-state index contributed by atoms with van der Waals surface area (Å²) < 4.78 is 39.8. The lowest BCUT2D eigenvalue weighted by molar-refractivity contribution is 0.0467. The van der Waals surface area contributed by atoms with Crippen LogP contribution in [0.5, 0.6) is 23.0 Å². The van der Waals surface area contributed by atoms with Gasteiger partial charge in [-0.05, 0) is 29.3 Å². The van der Waals surface area contributed by atoms with Gasteiger partial charge in [-0.15, -0.1) is 0 Å². The summed E-state index contributed by atoms with van der Waals surface area (Å²) in [7, 11) is 3.02. The Kier molecular flexibility index (Phi) is 9.15. The molecule has 0 amide bonds. The minimum atomic E-state index is -0.276. The average molecular weight is 555 g/mol. The van der Waals surface area contributed by atoms with Crippen molar-refractivity contribution in [1.82, 2.24) is 0 Å². The molecule has 0 aliphatic carbocycles. The molecule has 0 radical (unpaired) electrons. The van der Waals surface area contributed by atoms with Gasteiger partial charge in [0, 0.05) is 38.0 Å². The molecular weight excluding hydrogens is 524 g/mol. The summed E-state index contributed by atoms with van der Waals surface area (Å²) in [6, 6.07) is 29.8. The predicted octanol–water partition coefficient (Wildman–Crippen LogP) is 6.58. The average Bonchev–Trinajstić information content (AvgIpc) is 3.01. The largest absolute Gasteiger partial charge is 0.485 e. The number of methoxy groups -OCH3 is 2. The molecule has 210 valence electrons. The Bertz CT molecular complexity index is 1630. The number of benzene rings is 4. The van der Waals surface area contributed by atoms with E-state index < -0.39 is 0 Å². The van der Waals surface area contributed by atoms with Gasteiger partial charge >= 0.3 is 0 Å². The molecule has 0 bridgehead atoms. The minimum Gasteiger partial charge on any atom is -0.485 e. The summed E-state index contributed by atoms with van der Waals surface area (Å²) >= 11 is 0. The lowest BCUT2D eigenvalue weighted by atomic mass is 10.1. The van der Waals surface area contributed by atoms with Crippen molar-refractivity contribution < 1.29 is 32.8 Å². The number of rotatable bonds is 13. The van der Waals surface area contributed by atoms with Gasteiger partial charge in [-0.2, -0.15) is 0 Å². The van der Waals surface area contributed by atoms with Gasteiger partial charge < -0.3 is 32.8 Å². The third-order valence-corrected chi connectivity index (χ3v) is 6.15. The Morgan fingerprint density at radius 2 is 1.24 bits per heavy atom. The van der Waals surface area contributed by atoms with E-state index in [1.165, 1.54) is 20.3 Å². The highest BCUT2D eigenvalue weighted by molar-refractivity contribution is 5.86. The second-order valence-electron chi connectivity index (χ2n) is 9.08. The molecule has 1 heterocycles. The second kappa shape index (κ2) is 13.5. The van der Waals surface area contributed by atoms with E-state index in [-0.39, 0.29) is 30.2 Å². The summed E-state index contributed by atoms with van der Waals surface area (Å²) in [5.74, 6) is 2.14. The highest BCUT2D eigenvalue weighted by Crippen LogP contribution is 2.36. The highest BCUT2D eigenvalue weighted by Gasteiger charge is 2.17.